The van der Waals surface area contributed by atoms with Crippen LogP contribution in [0, 0.1) is 0 Å². The van der Waals surface area contributed by atoms with Gasteiger partial charge >= 0.3 is 0 Å². The van der Waals surface area contributed by atoms with Crippen LogP contribution in [0.1, 0.15) is 42.6 Å². The highest BCUT2D eigenvalue weighted by Crippen LogP contribution is 2.24. The summed E-state index contributed by atoms with van der Waals surface area (Å²) in [4.78, 5) is 12.1. The van der Waals surface area contributed by atoms with Crippen LogP contribution in [0.15, 0.2) is 59.2 Å². The van der Waals surface area contributed by atoms with Gasteiger partial charge in [0.25, 0.3) is 5.91 Å². The maximum atomic E-state index is 12.1. The Kier molecular flexibility index (Phi) is 5.02. The normalized spacial score (nSPS) is 11.2. The molecule has 6 nitrogen and oxygen atoms in total. The van der Waals surface area contributed by atoms with E-state index in [1.165, 1.54) is 5.56 Å². The molecule has 26 heavy (non-hydrogen) atoms. The first-order chi connectivity index (χ1) is 12.4. The van der Waals surface area contributed by atoms with Crippen LogP contribution in [-0.2, 0) is 12.0 Å². The molecule has 134 valence electrons. The third kappa shape index (κ3) is 4.47. The Morgan fingerprint density at radius 1 is 1.04 bits per heavy atom. The fourth-order valence-corrected chi connectivity index (χ4v) is 2.39. The van der Waals surface area contributed by atoms with Gasteiger partial charge in [-0.25, -0.2) is 0 Å². The van der Waals surface area contributed by atoms with E-state index in [1.807, 2.05) is 12.1 Å². The molecule has 2 N–H and O–H groups in total. The van der Waals surface area contributed by atoms with Crippen LogP contribution in [-0.4, -0.2) is 16.1 Å². The predicted octanol–water partition coefficient (Wildman–Crippen LogP) is 4.04. The highest BCUT2D eigenvalue weighted by Gasteiger charge is 2.13. The Bertz CT molecular complexity index is 848. The summed E-state index contributed by atoms with van der Waals surface area (Å²) in [6, 6.07) is 15.1. The first kappa shape index (κ1) is 17.7. The van der Waals surface area contributed by atoms with Crippen molar-refractivity contribution in [3.63, 3.8) is 0 Å². The van der Waals surface area contributed by atoms with Crippen molar-refractivity contribution in [2.24, 2.45) is 0 Å². The van der Waals surface area contributed by atoms with E-state index in [-0.39, 0.29) is 17.0 Å². The fourth-order valence-electron chi connectivity index (χ4n) is 2.39. The summed E-state index contributed by atoms with van der Waals surface area (Å²) in [7, 11) is 0. The van der Waals surface area contributed by atoms with E-state index >= 15 is 0 Å². The lowest BCUT2D eigenvalue weighted by Gasteiger charge is -2.19. The molecule has 3 aromatic rings. The molecule has 2 heterocycles. The van der Waals surface area contributed by atoms with Crippen molar-refractivity contribution in [3.8, 4) is 0 Å². The number of carbonyl (C=O) groups is 1. The van der Waals surface area contributed by atoms with E-state index < -0.39 is 0 Å². The van der Waals surface area contributed by atoms with E-state index in [4.69, 9.17) is 4.42 Å². The Hall–Kier alpha value is -3.15. The molecule has 0 bridgehead atoms. The highest BCUT2D eigenvalue weighted by molar-refractivity contribution is 5.92. The van der Waals surface area contributed by atoms with E-state index in [0.717, 1.165) is 5.69 Å². The molecule has 0 atom stereocenters. The maximum absolute atomic E-state index is 12.1. The SMILES string of the molecule is CC(C)(C)c1ccc(Nc2ccc(C(=O)NCc3ccco3)nn2)cc1. The Morgan fingerprint density at radius 3 is 2.38 bits per heavy atom. The second-order valence-corrected chi connectivity index (χ2v) is 7.02. The molecule has 0 spiro atoms. The average molecular weight is 350 g/mol. The van der Waals surface area contributed by atoms with Gasteiger partial charge in [-0.05, 0) is 47.4 Å². The molecule has 0 aliphatic heterocycles. The topological polar surface area (TPSA) is 80.0 Å². The van der Waals surface area contributed by atoms with Crippen molar-refractivity contribution in [1.82, 2.24) is 15.5 Å². The van der Waals surface area contributed by atoms with Gasteiger partial charge in [-0.3, -0.25) is 4.79 Å². The summed E-state index contributed by atoms with van der Waals surface area (Å²) in [6.45, 7) is 6.84. The third-order valence-electron chi connectivity index (χ3n) is 3.92. The Labute approximate surface area is 152 Å². The Morgan fingerprint density at radius 2 is 1.81 bits per heavy atom. The lowest BCUT2D eigenvalue weighted by atomic mass is 9.87. The molecule has 0 unspecified atom stereocenters. The van der Waals surface area contributed by atoms with Crippen LogP contribution < -0.4 is 10.6 Å². The first-order valence-corrected chi connectivity index (χ1v) is 8.44. The van der Waals surface area contributed by atoms with Crippen LogP contribution in [0.3, 0.4) is 0 Å². The number of nitrogens with zero attached hydrogens (tertiary/aromatic N) is 2. The number of rotatable bonds is 5. The number of nitrogens with one attached hydrogen (secondary N) is 2. The van der Waals surface area contributed by atoms with E-state index in [9.17, 15) is 4.79 Å². The minimum absolute atomic E-state index is 0.114. The van der Waals surface area contributed by atoms with Gasteiger partial charge in [0.2, 0.25) is 0 Å². The summed E-state index contributed by atoms with van der Waals surface area (Å²) < 4.78 is 5.17. The number of hydrogen-bond donors (Lipinski definition) is 2. The minimum atomic E-state index is -0.296. The minimum Gasteiger partial charge on any atom is -0.467 e. The molecule has 0 aliphatic carbocycles. The molecule has 0 fully saturated rings. The predicted molar refractivity (Wildman–Crippen MR) is 100 cm³/mol. The molecule has 1 aromatic carbocycles. The largest absolute Gasteiger partial charge is 0.467 e. The molecular weight excluding hydrogens is 328 g/mol. The number of carbonyl (C=O) groups excluding carboxylic acids is 1. The van der Waals surface area contributed by atoms with Crippen LogP contribution in [0.2, 0.25) is 0 Å². The van der Waals surface area contributed by atoms with Crippen LogP contribution >= 0.6 is 0 Å². The van der Waals surface area contributed by atoms with Gasteiger partial charge in [0, 0.05) is 5.69 Å². The first-order valence-electron chi connectivity index (χ1n) is 8.44. The van der Waals surface area contributed by atoms with Crippen molar-refractivity contribution in [2.45, 2.75) is 32.7 Å². The zero-order chi connectivity index (χ0) is 18.6. The molecule has 3 rings (SSSR count). The van der Waals surface area contributed by atoms with Crippen LogP contribution in [0.4, 0.5) is 11.5 Å². The molecule has 1 amide bonds. The number of benzene rings is 1. The molecule has 6 heteroatoms. The van der Waals surface area contributed by atoms with E-state index in [0.29, 0.717) is 18.1 Å². The highest BCUT2D eigenvalue weighted by atomic mass is 16.3. The molecular formula is C20H22N4O2. The summed E-state index contributed by atoms with van der Waals surface area (Å²) in [5.74, 6) is 0.967. The van der Waals surface area contributed by atoms with E-state index in [2.05, 4.69) is 53.7 Å². The van der Waals surface area contributed by atoms with Crippen molar-refractivity contribution >= 4 is 17.4 Å². The van der Waals surface area contributed by atoms with Gasteiger partial charge in [0.05, 0.1) is 12.8 Å². The van der Waals surface area contributed by atoms with Gasteiger partial charge in [-0.15, -0.1) is 10.2 Å². The number of furan rings is 1. The number of aromatic nitrogens is 2. The zero-order valence-corrected chi connectivity index (χ0v) is 15.1. The Balaban J connectivity index is 1.59. The average Bonchev–Trinajstić information content (AvgIpc) is 3.13. The lowest BCUT2D eigenvalue weighted by Crippen LogP contribution is -2.23. The van der Waals surface area contributed by atoms with Gasteiger partial charge in [-0.1, -0.05) is 32.9 Å². The zero-order valence-electron chi connectivity index (χ0n) is 15.1. The van der Waals surface area contributed by atoms with Crippen molar-refractivity contribution in [3.05, 3.63) is 71.8 Å². The fraction of sp³-hybridized carbons (Fsp3) is 0.250. The third-order valence-corrected chi connectivity index (χ3v) is 3.92. The summed E-state index contributed by atoms with van der Waals surface area (Å²) >= 11 is 0. The van der Waals surface area contributed by atoms with Crippen molar-refractivity contribution < 1.29 is 9.21 Å². The second-order valence-electron chi connectivity index (χ2n) is 7.02. The van der Waals surface area contributed by atoms with Crippen LogP contribution in [0.5, 0.6) is 0 Å². The smallest absolute Gasteiger partial charge is 0.272 e. The lowest BCUT2D eigenvalue weighted by molar-refractivity contribution is 0.0942. The molecule has 0 aliphatic rings. The summed E-state index contributed by atoms with van der Waals surface area (Å²) in [5.41, 5.74) is 2.55. The van der Waals surface area contributed by atoms with Gasteiger partial charge in [0.15, 0.2) is 11.5 Å². The van der Waals surface area contributed by atoms with Gasteiger partial charge in [0.1, 0.15) is 5.76 Å². The summed E-state index contributed by atoms with van der Waals surface area (Å²) in [6.07, 6.45) is 1.57. The van der Waals surface area contributed by atoms with E-state index in [1.54, 1.807) is 30.5 Å². The maximum Gasteiger partial charge on any atom is 0.272 e. The number of anilines is 2. The quantitative estimate of drug-likeness (QED) is 0.726. The van der Waals surface area contributed by atoms with Crippen molar-refractivity contribution in [1.29, 1.82) is 0 Å². The molecule has 2 aromatic heterocycles. The standard InChI is InChI=1S/C20H22N4O2/c1-20(2,3)14-6-8-15(9-7-14)22-18-11-10-17(23-24-18)19(25)21-13-16-5-4-12-26-16/h4-12H,13H2,1-3H3,(H,21,25)(H,22,24). The van der Waals surface area contributed by atoms with Crippen molar-refractivity contribution in [2.75, 3.05) is 5.32 Å². The molecule has 0 radical (unpaired) electrons. The summed E-state index contributed by atoms with van der Waals surface area (Å²) in [5, 5.41) is 14.0. The van der Waals surface area contributed by atoms with Gasteiger partial charge < -0.3 is 15.1 Å². The van der Waals surface area contributed by atoms with Crippen LogP contribution in [0.25, 0.3) is 0 Å². The molecule has 0 saturated carbocycles. The van der Waals surface area contributed by atoms with Gasteiger partial charge in [-0.2, -0.15) is 0 Å². The molecule has 0 saturated heterocycles. The number of amides is 1. The monoisotopic (exact) mass is 350 g/mol. The number of hydrogen-bond acceptors (Lipinski definition) is 5. The second kappa shape index (κ2) is 7.39.